The molecule has 1 aromatic rings. The smallest absolute Gasteiger partial charge is 0.326 e. The van der Waals surface area contributed by atoms with Crippen LogP contribution in [0.4, 0.5) is 5.82 Å². The number of Topliss-reactive ketones (excluding diaryl/α,β-unsaturated/α-hetero) is 1. The molecule has 0 atom stereocenters. The van der Waals surface area contributed by atoms with E-state index in [2.05, 4.69) is 9.97 Å². The van der Waals surface area contributed by atoms with Crippen molar-refractivity contribution in [2.75, 3.05) is 19.0 Å². The Morgan fingerprint density at radius 2 is 2.12 bits per heavy atom. The molecule has 0 spiro atoms. The molecule has 6 nitrogen and oxygen atoms in total. The van der Waals surface area contributed by atoms with Crippen molar-refractivity contribution in [2.24, 2.45) is 0 Å². The molecule has 16 heavy (non-hydrogen) atoms. The minimum absolute atomic E-state index is 0.0440. The van der Waals surface area contributed by atoms with Crippen LogP contribution in [0.15, 0.2) is 12.3 Å². The molecule has 1 rings (SSSR count). The number of ether oxygens (including phenoxy) is 1. The van der Waals surface area contributed by atoms with Gasteiger partial charge in [-0.3, -0.25) is 9.59 Å². The number of esters is 1. The van der Waals surface area contributed by atoms with Gasteiger partial charge >= 0.3 is 12.0 Å². The topological polar surface area (TPSA) is 72.4 Å². The third kappa shape index (κ3) is 3.64. The van der Waals surface area contributed by atoms with Gasteiger partial charge in [0.1, 0.15) is 18.0 Å². The largest absolute Gasteiger partial charge is 0.390 e. The third-order valence-electron chi connectivity index (χ3n) is 1.68. The molecule has 0 aromatic carbocycles. The Bertz CT molecular complexity index is 404. The van der Waals surface area contributed by atoms with E-state index in [4.69, 9.17) is 4.74 Å². The van der Waals surface area contributed by atoms with Gasteiger partial charge in [0.25, 0.3) is 0 Å². The molecule has 6 heteroatoms. The normalized spacial score (nSPS) is 9.69. The first-order chi connectivity index (χ1) is 7.49. The highest BCUT2D eigenvalue weighted by Crippen LogP contribution is 2.10. The van der Waals surface area contributed by atoms with E-state index in [0.717, 1.165) is 0 Å². The molecule has 1 heterocycles. The standard InChI is InChI=1S/C10H13N3O3/c1-7(14)6-9(15)16-10-11-5-4-8(12-10)13(2)3/h4-5H,6H2,1-3H3. The number of aromatic nitrogens is 2. The van der Waals surface area contributed by atoms with Crippen molar-refractivity contribution in [3.05, 3.63) is 12.3 Å². The van der Waals surface area contributed by atoms with Crippen molar-refractivity contribution >= 4 is 17.6 Å². The summed E-state index contributed by atoms with van der Waals surface area (Å²) in [5.74, 6) is -0.280. The zero-order valence-corrected chi connectivity index (χ0v) is 9.43. The fourth-order valence-electron chi connectivity index (χ4n) is 0.971. The second kappa shape index (κ2) is 5.20. The average Bonchev–Trinajstić information content (AvgIpc) is 2.16. The Morgan fingerprint density at radius 1 is 1.44 bits per heavy atom. The van der Waals surface area contributed by atoms with Gasteiger partial charge in [-0.15, -0.1) is 0 Å². The van der Waals surface area contributed by atoms with Crippen LogP contribution in [0, 0.1) is 0 Å². The highest BCUT2D eigenvalue weighted by molar-refractivity contribution is 5.94. The van der Waals surface area contributed by atoms with Crippen LogP contribution >= 0.6 is 0 Å². The van der Waals surface area contributed by atoms with E-state index in [0.29, 0.717) is 5.82 Å². The quantitative estimate of drug-likeness (QED) is 0.544. The van der Waals surface area contributed by atoms with Gasteiger partial charge < -0.3 is 9.64 Å². The lowest BCUT2D eigenvalue weighted by atomic mass is 10.3. The van der Waals surface area contributed by atoms with Crippen LogP contribution in [0.5, 0.6) is 6.01 Å². The molecule has 0 amide bonds. The second-order valence-electron chi connectivity index (χ2n) is 3.44. The lowest BCUT2D eigenvalue weighted by Gasteiger charge is -2.10. The van der Waals surface area contributed by atoms with E-state index in [-0.39, 0.29) is 18.2 Å². The number of ketones is 1. The lowest BCUT2D eigenvalue weighted by molar-refractivity contribution is -0.137. The van der Waals surface area contributed by atoms with Crippen molar-refractivity contribution < 1.29 is 14.3 Å². The van der Waals surface area contributed by atoms with Crippen LogP contribution < -0.4 is 9.64 Å². The number of carbonyl (C=O) groups excluding carboxylic acids is 2. The van der Waals surface area contributed by atoms with Crippen LogP contribution in [0.2, 0.25) is 0 Å². The first-order valence-electron chi connectivity index (χ1n) is 4.69. The van der Waals surface area contributed by atoms with Crippen molar-refractivity contribution in [2.45, 2.75) is 13.3 Å². The third-order valence-corrected chi connectivity index (χ3v) is 1.68. The maximum atomic E-state index is 11.2. The van der Waals surface area contributed by atoms with Gasteiger partial charge in [0, 0.05) is 20.3 Å². The molecule has 1 aromatic heterocycles. The Kier molecular flexibility index (Phi) is 3.93. The summed E-state index contributed by atoms with van der Waals surface area (Å²) in [6.45, 7) is 1.32. The number of nitrogens with zero attached hydrogens (tertiary/aromatic N) is 3. The van der Waals surface area contributed by atoms with E-state index in [1.165, 1.54) is 13.1 Å². The molecule has 0 saturated carbocycles. The van der Waals surface area contributed by atoms with E-state index in [1.54, 1.807) is 11.0 Å². The van der Waals surface area contributed by atoms with Crippen molar-refractivity contribution in [1.82, 2.24) is 9.97 Å². The van der Waals surface area contributed by atoms with Crippen LogP contribution in [-0.2, 0) is 9.59 Å². The number of anilines is 1. The molecular weight excluding hydrogens is 210 g/mol. The summed E-state index contributed by atoms with van der Waals surface area (Å²) in [4.78, 5) is 31.3. The Hall–Kier alpha value is -1.98. The zero-order valence-electron chi connectivity index (χ0n) is 9.43. The fourth-order valence-corrected chi connectivity index (χ4v) is 0.971. The van der Waals surface area contributed by atoms with Crippen molar-refractivity contribution in [3.8, 4) is 6.01 Å². The summed E-state index contributed by atoms with van der Waals surface area (Å²) < 4.78 is 4.81. The Balaban J connectivity index is 2.70. The fraction of sp³-hybridized carbons (Fsp3) is 0.400. The molecule has 86 valence electrons. The van der Waals surface area contributed by atoms with Gasteiger partial charge in [-0.2, -0.15) is 4.98 Å². The van der Waals surface area contributed by atoms with Crippen LogP contribution in [0.1, 0.15) is 13.3 Å². The van der Waals surface area contributed by atoms with E-state index >= 15 is 0 Å². The monoisotopic (exact) mass is 223 g/mol. The summed E-state index contributed by atoms with van der Waals surface area (Å²) in [5.41, 5.74) is 0. The highest BCUT2D eigenvalue weighted by Gasteiger charge is 2.10. The molecule has 0 radical (unpaired) electrons. The van der Waals surface area contributed by atoms with Crippen LogP contribution in [0.25, 0.3) is 0 Å². The summed E-state index contributed by atoms with van der Waals surface area (Å²) in [6.07, 6.45) is 1.22. The van der Waals surface area contributed by atoms with Gasteiger partial charge in [-0.05, 0) is 13.0 Å². The molecule has 0 bridgehead atoms. The summed E-state index contributed by atoms with van der Waals surface area (Å²) in [5, 5.41) is 0. The second-order valence-corrected chi connectivity index (χ2v) is 3.44. The van der Waals surface area contributed by atoms with Gasteiger partial charge in [0.2, 0.25) is 0 Å². The number of hydrogen-bond donors (Lipinski definition) is 0. The average molecular weight is 223 g/mol. The Labute approximate surface area is 93.3 Å². The SMILES string of the molecule is CC(=O)CC(=O)Oc1nccc(N(C)C)n1. The molecule has 0 fully saturated rings. The maximum absolute atomic E-state index is 11.2. The molecule has 0 saturated heterocycles. The van der Waals surface area contributed by atoms with Crippen molar-refractivity contribution in [3.63, 3.8) is 0 Å². The van der Waals surface area contributed by atoms with Gasteiger partial charge in [0.05, 0.1) is 0 Å². The first-order valence-corrected chi connectivity index (χ1v) is 4.69. The minimum Gasteiger partial charge on any atom is -0.390 e. The molecule has 0 unspecified atom stereocenters. The zero-order chi connectivity index (χ0) is 12.1. The maximum Gasteiger partial charge on any atom is 0.326 e. The van der Waals surface area contributed by atoms with Gasteiger partial charge in [0.15, 0.2) is 0 Å². The van der Waals surface area contributed by atoms with Gasteiger partial charge in [-0.1, -0.05) is 0 Å². The highest BCUT2D eigenvalue weighted by atomic mass is 16.5. The Morgan fingerprint density at radius 3 is 2.69 bits per heavy atom. The van der Waals surface area contributed by atoms with Crippen LogP contribution in [0.3, 0.4) is 0 Å². The lowest BCUT2D eigenvalue weighted by Crippen LogP contribution is -2.15. The summed E-state index contributed by atoms with van der Waals surface area (Å²) in [6, 6.07) is 1.64. The molecule has 0 aliphatic carbocycles. The minimum atomic E-state index is -0.650. The summed E-state index contributed by atoms with van der Waals surface area (Å²) in [7, 11) is 3.62. The van der Waals surface area contributed by atoms with Gasteiger partial charge in [-0.25, -0.2) is 4.98 Å². The van der Waals surface area contributed by atoms with E-state index in [9.17, 15) is 9.59 Å². The molecule has 0 aliphatic rings. The van der Waals surface area contributed by atoms with Crippen LogP contribution in [-0.4, -0.2) is 35.8 Å². The number of hydrogen-bond acceptors (Lipinski definition) is 6. The van der Waals surface area contributed by atoms with E-state index in [1.807, 2.05) is 14.1 Å². The summed E-state index contributed by atoms with van der Waals surface area (Å²) >= 11 is 0. The van der Waals surface area contributed by atoms with Crippen molar-refractivity contribution in [1.29, 1.82) is 0 Å². The number of carbonyl (C=O) groups is 2. The number of rotatable bonds is 4. The first kappa shape index (κ1) is 12.1. The predicted octanol–water partition coefficient (Wildman–Crippen LogP) is 0.427. The predicted molar refractivity (Wildman–Crippen MR) is 57.3 cm³/mol. The molecular formula is C10H13N3O3. The molecule has 0 N–H and O–H groups in total. The molecule has 0 aliphatic heterocycles. The van der Waals surface area contributed by atoms with E-state index < -0.39 is 5.97 Å².